The quantitative estimate of drug-likeness (QED) is 0.213. The summed E-state index contributed by atoms with van der Waals surface area (Å²) in [5.41, 5.74) is 0. The molecule has 1 saturated heterocycles. The summed E-state index contributed by atoms with van der Waals surface area (Å²) in [6.45, 7) is 11.1. The number of ether oxygens (including phenoxy) is 4. The zero-order valence-corrected chi connectivity index (χ0v) is 19.1. The molecule has 0 bridgehead atoms. The second kappa shape index (κ2) is 14.7. The number of esters is 4. The Morgan fingerprint density at radius 2 is 1.16 bits per heavy atom. The molecular formula is C21H37N2O8+. The van der Waals surface area contributed by atoms with Gasteiger partial charge in [0, 0.05) is 13.0 Å². The van der Waals surface area contributed by atoms with Gasteiger partial charge in [0.05, 0.1) is 46.1 Å². The first kappa shape index (κ1) is 26.8. The van der Waals surface area contributed by atoms with Crippen LogP contribution in [0.2, 0.25) is 0 Å². The average Bonchev–Trinajstić information content (AvgIpc) is 3.17. The fourth-order valence-corrected chi connectivity index (χ4v) is 3.48. The van der Waals surface area contributed by atoms with Crippen molar-refractivity contribution >= 4 is 23.9 Å². The number of nitrogens with zero attached hydrogens (tertiary/aromatic N) is 1. The predicted octanol–water partition coefficient (Wildman–Crippen LogP) is -0.591. The van der Waals surface area contributed by atoms with Gasteiger partial charge >= 0.3 is 23.9 Å². The Morgan fingerprint density at radius 1 is 0.742 bits per heavy atom. The van der Waals surface area contributed by atoms with Crippen molar-refractivity contribution in [3.8, 4) is 0 Å². The highest BCUT2D eigenvalue weighted by Gasteiger charge is 2.34. The Labute approximate surface area is 184 Å². The van der Waals surface area contributed by atoms with Crippen molar-refractivity contribution in [3.63, 3.8) is 0 Å². The van der Waals surface area contributed by atoms with Crippen LogP contribution in [0.5, 0.6) is 0 Å². The molecule has 1 aliphatic heterocycles. The van der Waals surface area contributed by atoms with E-state index in [1.54, 1.807) is 27.7 Å². The molecule has 1 rings (SSSR count). The molecule has 0 aromatic heterocycles. The van der Waals surface area contributed by atoms with Crippen LogP contribution >= 0.6 is 0 Å². The van der Waals surface area contributed by atoms with E-state index >= 15 is 0 Å². The molecule has 1 unspecified atom stereocenters. The van der Waals surface area contributed by atoms with Crippen LogP contribution in [0.25, 0.3) is 0 Å². The van der Waals surface area contributed by atoms with E-state index in [1.807, 2.05) is 0 Å². The van der Waals surface area contributed by atoms with Crippen molar-refractivity contribution < 1.29 is 43.0 Å². The van der Waals surface area contributed by atoms with Gasteiger partial charge in [0.25, 0.3) is 0 Å². The summed E-state index contributed by atoms with van der Waals surface area (Å²) in [5, 5.41) is 0. The normalized spacial score (nSPS) is 16.4. The Kier molecular flexibility index (Phi) is 12.8. The van der Waals surface area contributed by atoms with Crippen LogP contribution in [0.3, 0.4) is 0 Å². The van der Waals surface area contributed by atoms with E-state index in [4.69, 9.17) is 18.9 Å². The first-order valence-corrected chi connectivity index (χ1v) is 11.1. The van der Waals surface area contributed by atoms with Crippen LogP contribution in [0.15, 0.2) is 0 Å². The van der Waals surface area contributed by atoms with Gasteiger partial charge in [-0.15, -0.1) is 0 Å². The van der Waals surface area contributed by atoms with E-state index in [9.17, 15) is 19.2 Å². The maximum Gasteiger partial charge on any atom is 0.320 e. The summed E-state index contributed by atoms with van der Waals surface area (Å²) in [7, 11) is 0. The highest BCUT2D eigenvalue weighted by molar-refractivity contribution is 5.95. The molecule has 178 valence electrons. The third-order valence-corrected chi connectivity index (χ3v) is 5.03. The van der Waals surface area contributed by atoms with E-state index in [0.717, 1.165) is 13.1 Å². The smallest absolute Gasteiger partial charge is 0.320 e. The Bertz CT molecular complexity index is 512. The average molecular weight is 446 g/mol. The lowest BCUT2D eigenvalue weighted by Gasteiger charge is -2.19. The monoisotopic (exact) mass is 445 g/mol. The van der Waals surface area contributed by atoms with Crippen LogP contribution in [-0.2, 0) is 38.1 Å². The van der Waals surface area contributed by atoms with E-state index < -0.39 is 35.7 Å². The van der Waals surface area contributed by atoms with E-state index in [-0.39, 0.29) is 26.4 Å². The second-order valence-corrected chi connectivity index (χ2v) is 7.22. The molecule has 0 spiro atoms. The highest BCUT2D eigenvalue weighted by Crippen LogP contribution is 2.11. The summed E-state index contributed by atoms with van der Waals surface area (Å²) in [6, 6.07) is 0. The molecule has 0 amide bonds. The van der Waals surface area contributed by atoms with Crippen LogP contribution < -0.4 is 4.90 Å². The van der Waals surface area contributed by atoms with Crippen molar-refractivity contribution in [1.29, 1.82) is 0 Å². The maximum atomic E-state index is 12.1. The molecule has 1 fully saturated rings. The third-order valence-electron chi connectivity index (χ3n) is 5.03. The fourth-order valence-electron chi connectivity index (χ4n) is 3.48. The lowest BCUT2D eigenvalue weighted by Crippen LogP contribution is -3.10. The lowest BCUT2D eigenvalue weighted by molar-refractivity contribution is -0.892. The molecule has 10 heteroatoms. The Hall–Kier alpha value is -2.20. The van der Waals surface area contributed by atoms with Crippen molar-refractivity contribution in [1.82, 2.24) is 4.90 Å². The number of hydrogen-bond acceptors (Lipinski definition) is 9. The number of hydrogen-bond donors (Lipinski definition) is 1. The van der Waals surface area contributed by atoms with Crippen molar-refractivity contribution in [2.75, 3.05) is 59.3 Å². The first-order valence-electron chi connectivity index (χ1n) is 11.1. The molecule has 0 aromatic rings. The summed E-state index contributed by atoms with van der Waals surface area (Å²) in [5.74, 6) is -4.07. The van der Waals surface area contributed by atoms with Gasteiger partial charge in [0.15, 0.2) is 11.8 Å². The predicted molar refractivity (Wildman–Crippen MR) is 110 cm³/mol. The molecule has 31 heavy (non-hydrogen) atoms. The first-order chi connectivity index (χ1) is 14.9. The van der Waals surface area contributed by atoms with Crippen molar-refractivity contribution in [2.24, 2.45) is 11.8 Å². The van der Waals surface area contributed by atoms with Crippen LogP contribution in [-0.4, -0.2) is 88.1 Å². The number of nitrogens with one attached hydrogen (secondary N) is 1. The largest absolute Gasteiger partial charge is 0.465 e. The van der Waals surface area contributed by atoms with Gasteiger partial charge in [-0.25, -0.2) is 0 Å². The minimum absolute atomic E-state index is 0.207. The fraction of sp³-hybridized carbons (Fsp3) is 0.810. The highest BCUT2D eigenvalue weighted by atomic mass is 16.6. The molecule has 1 aliphatic rings. The molecule has 0 aromatic carbocycles. The number of rotatable bonds is 14. The molecule has 1 N–H and O–H groups in total. The lowest BCUT2D eigenvalue weighted by atomic mass is 10.1. The number of quaternary nitrogens is 1. The van der Waals surface area contributed by atoms with Gasteiger partial charge in [-0.1, -0.05) is 0 Å². The second-order valence-electron chi connectivity index (χ2n) is 7.22. The van der Waals surface area contributed by atoms with Gasteiger partial charge in [-0.05, 0) is 34.1 Å². The van der Waals surface area contributed by atoms with Gasteiger partial charge in [-0.3, -0.25) is 24.1 Å². The maximum absolute atomic E-state index is 12.1. The third kappa shape index (κ3) is 9.22. The van der Waals surface area contributed by atoms with E-state index in [1.165, 1.54) is 4.90 Å². The van der Waals surface area contributed by atoms with Crippen molar-refractivity contribution in [2.45, 2.75) is 40.5 Å². The SMILES string of the molecule is CCOC(=O)C(CCN1CC[NH+](CCC(C(=O)OCC)C(=O)OCC)C1)C(=O)OCC. The van der Waals surface area contributed by atoms with Crippen molar-refractivity contribution in [3.05, 3.63) is 0 Å². The van der Waals surface area contributed by atoms with Gasteiger partial charge < -0.3 is 23.8 Å². The standard InChI is InChI=1S/C21H36N2O8/c1-5-28-18(24)16(19(25)29-6-2)9-11-22-13-14-23(15-22)12-10-17(20(26)30-7-3)21(27)31-8-4/h16-17H,5-15H2,1-4H3/p+1. The minimum Gasteiger partial charge on any atom is -0.465 e. The summed E-state index contributed by atoms with van der Waals surface area (Å²) in [6.07, 6.45) is 0.661. The number of carbonyl (C=O) groups is 4. The Morgan fingerprint density at radius 3 is 1.58 bits per heavy atom. The topological polar surface area (TPSA) is 113 Å². The van der Waals surface area contributed by atoms with E-state index in [0.29, 0.717) is 32.6 Å². The van der Waals surface area contributed by atoms with Crippen LogP contribution in [0.4, 0.5) is 0 Å². The minimum atomic E-state index is -0.930. The number of carbonyl (C=O) groups excluding carboxylic acids is 4. The summed E-state index contributed by atoms with van der Waals surface area (Å²) >= 11 is 0. The molecular weight excluding hydrogens is 408 g/mol. The summed E-state index contributed by atoms with van der Waals surface area (Å²) < 4.78 is 20.0. The van der Waals surface area contributed by atoms with Crippen LogP contribution in [0.1, 0.15) is 40.5 Å². The molecule has 1 heterocycles. The van der Waals surface area contributed by atoms with Crippen LogP contribution in [0, 0.1) is 11.8 Å². The molecule has 1 atom stereocenters. The van der Waals surface area contributed by atoms with Gasteiger partial charge in [-0.2, -0.15) is 0 Å². The van der Waals surface area contributed by atoms with Gasteiger partial charge in [0.2, 0.25) is 0 Å². The van der Waals surface area contributed by atoms with E-state index in [2.05, 4.69) is 4.90 Å². The zero-order valence-electron chi connectivity index (χ0n) is 19.1. The molecule has 0 aliphatic carbocycles. The molecule has 0 radical (unpaired) electrons. The summed E-state index contributed by atoms with van der Waals surface area (Å²) in [4.78, 5) is 51.8. The molecule has 10 nitrogen and oxygen atoms in total. The molecule has 0 saturated carbocycles. The van der Waals surface area contributed by atoms with Gasteiger partial charge in [0.1, 0.15) is 6.67 Å². The zero-order chi connectivity index (χ0) is 23.2. The Balaban J connectivity index is 2.55.